The molecule has 3 rings (SSSR count). The summed E-state index contributed by atoms with van der Waals surface area (Å²) in [4.78, 5) is 38.4. The van der Waals surface area contributed by atoms with Crippen LogP contribution in [-0.2, 0) is 20.8 Å². The summed E-state index contributed by atoms with van der Waals surface area (Å²) in [6.07, 6.45) is 0.817. The average Bonchev–Trinajstić information content (AvgIpc) is 2.92. The lowest BCUT2D eigenvalue weighted by Gasteiger charge is -2.26. The third-order valence-corrected chi connectivity index (χ3v) is 4.53. The van der Waals surface area contributed by atoms with Gasteiger partial charge in [0.1, 0.15) is 18.2 Å². The van der Waals surface area contributed by atoms with E-state index in [1.807, 2.05) is 6.07 Å². The van der Waals surface area contributed by atoms with E-state index in [2.05, 4.69) is 5.32 Å². The molecule has 3 N–H and O–H groups in total. The Morgan fingerprint density at radius 2 is 1.97 bits per heavy atom. The monoisotopic (exact) mass is 425 g/mol. The van der Waals surface area contributed by atoms with Gasteiger partial charge in [-0.15, -0.1) is 0 Å². The van der Waals surface area contributed by atoms with Gasteiger partial charge in [0.05, 0.1) is 24.9 Å². The van der Waals surface area contributed by atoms with E-state index in [9.17, 15) is 19.6 Å². The molecule has 0 bridgehead atoms. The SMILES string of the molecule is COC(=O)c1c(N)c(C#N)cn1-c1ccc2c(c1)CN(C(=O)OC(C)(C)C)CC(=O)N2. The molecule has 0 unspecified atom stereocenters. The lowest BCUT2D eigenvalue weighted by molar-refractivity contribution is -0.117. The van der Waals surface area contributed by atoms with Crippen molar-refractivity contribution in [3.05, 3.63) is 41.2 Å². The Bertz CT molecular complexity index is 1110. The van der Waals surface area contributed by atoms with Crippen LogP contribution < -0.4 is 11.1 Å². The summed E-state index contributed by atoms with van der Waals surface area (Å²) < 4.78 is 11.6. The second kappa shape index (κ2) is 8.02. The van der Waals surface area contributed by atoms with Gasteiger partial charge in [0.25, 0.3) is 0 Å². The van der Waals surface area contributed by atoms with Crippen molar-refractivity contribution in [2.24, 2.45) is 0 Å². The van der Waals surface area contributed by atoms with E-state index in [0.717, 1.165) is 0 Å². The number of nitrogens with one attached hydrogen (secondary N) is 1. The molecular formula is C21H23N5O5. The predicted molar refractivity (Wildman–Crippen MR) is 112 cm³/mol. The zero-order valence-electron chi connectivity index (χ0n) is 17.7. The molecule has 1 aliphatic rings. The van der Waals surface area contributed by atoms with Crippen LogP contribution in [0.3, 0.4) is 0 Å². The highest BCUT2D eigenvalue weighted by Gasteiger charge is 2.28. The molecule has 0 saturated carbocycles. The van der Waals surface area contributed by atoms with Crippen LogP contribution in [0.5, 0.6) is 0 Å². The van der Waals surface area contributed by atoms with Crippen LogP contribution in [-0.4, -0.2) is 46.7 Å². The molecule has 10 heteroatoms. The van der Waals surface area contributed by atoms with Crippen LogP contribution >= 0.6 is 0 Å². The van der Waals surface area contributed by atoms with Crippen LogP contribution in [0.1, 0.15) is 42.4 Å². The van der Waals surface area contributed by atoms with E-state index in [-0.39, 0.29) is 35.9 Å². The molecule has 2 amide bonds. The Labute approximate surface area is 179 Å². The fraction of sp³-hybridized carbons (Fsp3) is 0.333. The number of anilines is 2. The van der Waals surface area contributed by atoms with Crippen molar-refractivity contribution < 1.29 is 23.9 Å². The van der Waals surface area contributed by atoms with Crippen molar-refractivity contribution in [2.75, 3.05) is 24.7 Å². The first-order valence-corrected chi connectivity index (χ1v) is 9.44. The van der Waals surface area contributed by atoms with Crippen LogP contribution in [0.4, 0.5) is 16.2 Å². The van der Waals surface area contributed by atoms with Crippen LogP contribution in [0.15, 0.2) is 24.4 Å². The molecule has 1 aromatic carbocycles. The first-order chi connectivity index (χ1) is 14.5. The summed E-state index contributed by atoms with van der Waals surface area (Å²) in [7, 11) is 1.22. The smallest absolute Gasteiger partial charge is 0.411 e. The number of aromatic nitrogens is 1. The topological polar surface area (TPSA) is 140 Å². The number of nitriles is 1. The predicted octanol–water partition coefficient (Wildman–Crippen LogP) is 2.41. The van der Waals surface area contributed by atoms with Gasteiger partial charge >= 0.3 is 12.1 Å². The first-order valence-electron chi connectivity index (χ1n) is 9.44. The minimum absolute atomic E-state index is 0.00739. The number of fused-ring (bicyclic) bond motifs is 1. The van der Waals surface area contributed by atoms with Crippen molar-refractivity contribution >= 4 is 29.3 Å². The number of ether oxygens (including phenoxy) is 2. The molecule has 0 atom stereocenters. The third kappa shape index (κ3) is 4.45. The van der Waals surface area contributed by atoms with Gasteiger partial charge in [0.15, 0.2) is 5.69 Å². The normalized spacial score (nSPS) is 13.5. The average molecular weight is 425 g/mol. The van der Waals surface area contributed by atoms with E-state index in [1.54, 1.807) is 39.0 Å². The number of methoxy groups -OCH3 is 1. The Morgan fingerprint density at radius 3 is 2.58 bits per heavy atom. The number of carbonyl (C=O) groups is 3. The molecule has 31 heavy (non-hydrogen) atoms. The maximum Gasteiger partial charge on any atom is 0.411 e. The van der Waals surface area contributed by atoms with Crippen molar-refractivity contribution in [2.45, 2.75) is 32.9 Å². The number of carbonyl (C=O) groups excluding carboxylic acids is 3. The fourth-order valence-corrected chi connectivity index (χ4v) is 3.18. The molecular weight excluding hydrogens is 402 g/mol. The Balaban J connectivity index is 2.04. The first kappa shape index (κ1) is 21.7. The lowest BCUT2D eigenvalue weighted by atomic mass is 10.1. The molecule has 2 heterocycles. The van der Waals surface area contributed by atoms with Crippen molar-refractivity contribution in [1.82, 2.24) is 9.47 Å². The molecule has 0 aliphatic carbocycles. The van der Waals surface area contributed by atoms with Crippen LogP contribution in [0.25, 0.3) is 5.69 Å². The van der Waals surface area contributed by atoms with Gasteiger partial charge in [-0.25, -0.2) is 9.59 Å². The number of hydrogen-bond donors (Lipinski definition) is 2. The highest BCUT2D eigenvalue weighted by molar-refractivity contribution is 5.97. The number of nitrogen functional groups attached to an aromatic ring is 1. The summed E-state index contributed by atoms with van der Waals surface area (Å²) in [5.41, 5.74) is 7.05. The summed E-state index contributed by atoms with van der Waals surface area (Å²) in [5, 5.41) is 12.1. The number of amides is 2. The van der Waals surface area contributed by atoms with E-state index in [1.165, 1.54) is 22.8 Å². The Kier molecular flexibility index (Phi) is 5.62. The van der Waals surface area contributed by atoms with Crippen LogP contribution in [0.2, 0.25) is 0 Å². The zero-order valence-corrected chi connectivity index (χ0v) is 17.7. The number of benzene rings is 1. The molecule has 0 saturated heterocycles. The van der Waals surface area contributed by atoms with Crippen molar-refractivity contribution in [3.8, 4) is 11.8 Å². The van der Waals surface area contributed by atoms with Gasteiger partial charge in [-0.1, -0.05) is 0 Å². The largest absolute Gasteiger partial charge is 0.464 e. The third-order valence-electron chi connectivity index (χ3n) is 4.53. The van der Waals surface area contributed by atoms with Crippen molar-refractivity contribution in [1.29, 1.82) is 5.26 Å². The number of esters is 1. The molecule has 0 fully saturated rings. The van der Waals surface area contributed by atoms with E-state index in [4.69, 9.17) is 15.2 Å². The highest BCUT2D eigenvalue weighted by atomic mass is 16.6. The zero-order chi connectivity index (χ0) is 22.9. The second-order valence-corrected chi connectivity index (χ2v) is 8.00. The molecule has 0 spiro atoms. The molecule has 10 nitrogen and oxygen atoms in total. The molecule has 2 aromatic rings. The Hall–Kier alpha value is -4.00. The number of nitrogens with zero attached hydrogens (tertiary/aromatic N) is 3. The van der Waals surface area contributed by atoms with E-state index in [0.29, 0.717) is 16.9 Å². The summed E-state index contributed by atoms with van der Waals surface area (Å²) >= 11 is 0. The number of rotatable bonds is 2. The molecule has 0 radical (unpaired) electrons. The molecule has 162 valence electrons. The number of hydrogen-bond acceptors (Lipinski definition) is 7. The maximum atomic E-state index is 12.6. The maximum absolute atomic E-state index is 12.6. The van der Waals surface area contributed by atoms with Gasteiger partial charge in [0.2, 0.25) is 5.91 Å². The molecule has 1 aromatic heterocycles. The standard InChI is InChI=1S/C21H23N5O5/c1-21(2,3)31-20(29)25-9-12-7-14(5-6-15(12)24-16(27)11-25)26-10-13(8-22)17(23)18(26)19(28)30-4/h5-7,10H,9,11,23H2,1-4H3,(H,24,27). The van der Waals surface area contributed by atoms with Gasteiger partial charge < -0.3 is 25.1 Å². The van der Waals surface area contributed by atoms with Gasteiger partial charge in [0, 0.05) is 17.6 Å². The van der Waals surface area contributed by atoms with Gasteiger partial charge in [-0.2, -0.15) is 5.26 Å². The number of nitrogens with two attached hydrogens (primary N) is 1. The Morgan fingerprint density at radius 1 is 1.26 bits per heavy atom. The lowest BCUT2D eigenvalue weighted by Crippen LogP contribution is -2.39. The highest BCUT2D eigenvalue weighted by Crippen LogP contribution is 2.29. The summed E-state index contributed by atoms with van der Waals surface area (Å²) in [6, 6.07) is 6.97. The fourth-order valence-electron chi connectivity index (χ4n) is 3.18. The van der Waals surface area contributed by atoms with Gasteiger partial charge in [-0.05, 0) is 44.5 Å². The van der Waals surface area contributed by atoms with Crippen molar-refractivity contribution in [3.63, 3.8) is 0 Å². The van der Waals surface area contributed by atoms with E-state index < -0.39 is 17.7 Å². The van der Waals surface area contributed by atoms with Crippen LogP contribution in [0, 0.1) is 11.3 Å². The minimum Gasteiger partial charge on any atom is -0.464 e. The quantitative estimate of drug-likeness (QED) is 0.704. The summed E-state index contributed by atoms with van der Waals surface area (Å²) in [5.74, 6) is -1.05. The van der Waals surface area contributed by atoms with E-state index >= 15 is 0 Å². The van der Waals surface area contributed by atoms with Gasteiger partial charge in [-0.3, -0.25) is 9.69 Å². The summed E-state index contributed by atoms with van der Waals surface area (Å²) in [6.45, 7) is 5.17. The minimum atomic E-state index is -0.712. The molecule has 1 aliphatic heterocycles. The second-order valence-electron chi connectivity index (χ2n) is 8.00.